The predicted octanol–water partition coefficient (Wildman–Crippen LogP) is 7.44. The Labute approximate surface area is 176 Å². The van der Waals surface area contributed by atoms with E-state index in [2.05, 4.69) is 35.8 Å². The van der Waals surface area contributed by atoms with Crippen LogP contribution in [0.1, 0.15) is 88.5 Å². The number of ether oxygens (including phenoxy) is 1. The van der Waals surface area contributed by atoms with Gasteiger partial charge in [0, 0.05) is 4.88 Å². The van der Waals surface area contributed by atoms with Crippen LogP contribution in [0.3, 0.4) is 0 Å². The van der Waals surface area contributed by atoms with Gasteiger partial charge >= 0.3 is 5.97 Å². The van der Waals surface area contributed by atoms with E-state index in [0.717, 1.165) is 34.3 Å². The molecule has 1 aromatic rings. The van der Waals surface area contributed by atoms with Crippen LogP contribution in [0.2, 0.25) is 0 Å². The lowest BCUT2D eigenvalue weighted by molar-refractivity contribution is -0.138. The first-order chi connectivity index (χ1) is 13.1. The van der Waals surface area contributed by atoms with Gasteiger partial charge in [-0.1, -0.05) is 65.2 Å². The number of unbranched alkanes of at least 4 members (excludes halogenated alkanes) is 8. The summed E-state index contributed by atoms with van der Waals surface area (Å²) >= 11 is 5.16. The zero-order valence-electron chi connectivity index (χ0n) is 16.7. The van der Waals surface area contributed by atoms with Crippen LogP contribution in [0.4, 0.5) is 0 Å². The summed E-state index contributed by atoms with van der Waals surface area (Å²) in [4.78, 5) is 13.0. The summed E-state index contributed by atoms with van der Waals surface area (Å²) in [5.74, 6) is -0.514. The summed E-state index contributed by atoms with van der Waals surface area (Å²) in [6.07, 6.45) is 14.4. The van der Waals surface area contributed by atoms with Gasteiger partial charge in [0.1, 0.15) is 11.6 Å². The first-order valence-electron chi connectivity index (χ1n) is 10.2. The SMILES string of the molecule is CCCCCCCCOC(=O)/C(C#N)=C\c1cc(CCCCCC)c(Br)s1. The molecular weight excluding hydrogens is 422 g/mol. The fraction of sp³-hybridized carbons (Fsp3) is 0.636. The fourth-order valence-corrected chi connectivity index (χ4v) is 4.57. The number of thiophene rings is 1. The molecule has 0 spiro atoms. The number of halogens is 1. The van der Waals surface area contributed by atoms with Gasteiger partial charge in [-0.15, -0.1) is 11.3 Å². The average Bonchev–Trinajstić information content (AvgIpc) is 3.01. The molecule has 3 nitrogen and oxygen atoms in total. The summed E-state index contributed by atoms with van der Waals surface area (Å²) in [7, 11) is 0. The van der Waals surface area contributed by atoms with Crippen LogP contribution in [-0.2, 0) is 16.0 Å². The van der Waals surface area contributed by atoms with Gasteiger partial charge in [0.25, 0.3) is 0 Å². The Kier molecular flexibility index (Phi) is 13.2. The predicted molar refractivity (Wildman–Crippen MR) is 118 cm³/mol. The normalized spacial score (nSPS) is 11.4. The topological polar surface area (TPSA) is 50.1 Å². The first kappa shape index (κ1) is 23.9. The van der Waals surface area contributed by atoms with Gasteiger partial charge in [-0.25, -0.2) is 4.79 Å². The minimum Gasteiger partial charge on any atom is -0.462 e. The van der Waals surface area contributed by atoms with Crippen molar-refractivity contribution in [1.82, 2.24) is 0 Å². The molecule has 150 valence electrons. The molecule has 0 aliphatic heterocycles. The molecule has 0 bridgehead atoms. The molecule has 0 saturated carbocycles. The van der Waals surface area contributed by atoms with Crippen molar-refractivity contribution in [3.63, 3.8) is 0 Å². The highest BCUT2D eigenvalue weighted by atomic mass is 79.9. The second-order valence-electron chi connectivity index (χ2n) is 6.83. The summed E-state index contributed by atoms with van der Waals surface area (Å²) in [5.41, 5.74) is 1.33. The summed E-state index contributed by atoms with van der Waals surface area (Å²) in [6, 6.07) is 4.05. The molecule has 5 heteroatoms. The Bertz CT molecular complexity index is 631. The lowest BCUT2D eigenvalue weighted by atomic mass is 10.1. The summed E-state index contributed by atoms with van der Waals surface area (Å²) in [5, 5.41) is 9.31. The maximum Gasteiger partial charge on any atom is 0.348 e. The number of hydrogen-bond acceptors (Lipinski definition) is 4. The van der Waals surface area contributed by atoms with Crippen molar-refractivity contribution in [2.45, 2.75) is 84.5 Å². The van der Waals surface area contributed by atoms with E-state index in [1.165, 1.54) is 50.5 Å². The van der Waals surface area contributed by atoms with Crippen LogP contribution in [0.15, 0.2) is 15.4 Å². The van der Waals surface area contributed by atoms with Crippen molar-refractivity contribution < 1.29 is 9.53 Å². The quantitative estimate of drug-likeness (QED) is 0.127. The number of aryl methyl sites for hydroxylation is 1. The Balaban J connectivity index is 2.48. The Morgan fingerprint density at radius 1 is 1.11 bits per heavy atom. The van der Waals surface area contributed by atoms with E-state index in [0.29, 0.717) is 6.61 Å². The lowest BCUT2D eigenvalue weighted by Crippen LogP contribution is -2.07. The van der Waals surface area contributed by atoms with Crippen molar-refractivity contribution >= 4 is 39.3 Å². The molecule has 0 saturated heterocycles. The molecule has 0 radical (unpaired) electrons. The third-order valence-electron chi connectivity index (χ3n) is 4.43. The van der Waals surface area contributed by atoms with Crippen LogP contribution >= 0.6 is 27.3 Å². The zero-order valence-corrected chi connectivity index (χ0v) is 19.1. The number of nitriles is 1. The number of esters is 1. The number of hydrogen-bond donors (Lipinski definition) is 0. The van der Waals surface area contributed by atoms with Gasteiger partial charge in [0.15, 0.2) is 0 Å². The van der Waals surface area contributed by atoms with Crippen molar-refractivity contribution in [2.24, 2.45) is 0 Å². The van der Waals surface area contributed by atoms with Crippen molar-refractivity contribution in [3.05, 3.63) is 25.9 Å². The van der Waals surface area contributed by atoms with E-state index >= 15 is 0 Å². The van der Waals surface area contributed by atoms with Gasteiger partial charge in [-0.2, -0.15) is 5.26 Å². The zero-order chi connectivity index (χ0) is 19.9. The number of carbonyl (C=O) groups excluding carboxylic acids is 1. The molecule has 0 amide bonds. The van der Waals surface area contributed by atoms with Crippen LogP contribution in [0.25, 0.3) is 6.08 Å². The minimum atomic E-state index is -0.514. The van der Waals surface area contributed by atoms with E-state index in [4.69, 9.17) is 4.74 Å². The molecule has 0 aliphatic rings. The molecule has 1 rings (SSSR count). The van der Waals surface area contributed by atoms with Gasteiger partial charge in [0.2, 0.25) is 0 Å². The molecule has 27 heavy (non-hydrogen) atoms. The molecule has 0 N–H and O–H groups in total. The van der Waals surface area contributed by atoms with Crippen LogP contribution < -0.4 is 0 Å². The Hall–Kier alpha value is -1.12. The van der Waals surface area contributed by atoms with E-state index in [1.807, 2.05) is 6.07 Å². The molecule has 0 aliphatic carbocycles. The molecule has 0 fully saturated rings. The molecule has 0 unspecified atom stereocenters. The number of carbonyl (C=O) groups is 1. The Morgan fingerprint density at radius 2 is 1.74 bits per heavy atom. The second-order valence-corrected chi connectivity index (χ2v) is 9.23. The highest BCUT2D eigenvalue weighted by Crippen LogP contribution is 2.31. The molecule has 0 atom stereocenters. The van der Waals surface area contributed by atoms with Gasteiger partial charge in [0.05, 0.1) is 10.4 Å². The van der Waals surface area contributed by atoms with E-state index in [1.54, 1.807) is 17.4 Å². The maximum absolute atomic E-state index is 12.1. The van der Waals surface area contributed by atoms with Crippen molar-refractivity contribution in [1.29, 1.82) is 5.26 Å². The average molecular weight is 454 g/mol. The van der Waals surface area contributed by atoms with E-state index in [9.17, 15) is 10.1 Å². The van der Waals surface area contributed by atoms with E-state index < -0.39 is 5.97 Å². The molecule has 1 heterocycles. The smallest absolute Gasteiger partial charge is 0.348 e. The highest BCUT2D eigenvalue weighted by molar-refractivity contribution is 9.11. The second kappa shape index (κ2) is 14.9. The molecule has 0 aromatic carbocycles. The van der Waals surface area contributed by atoms with Gasteiger partial charge in [-0.3, -0.25) is 0 Å². The van der Waals surface area contributed by atoms with Crippen LogP contribution in [0, 0.1) is 11.3 Å². The van der Waals surface area contributed by atoms with Crippen molar-refractivity contribution in [3.8, 4) is 6.07 Å². The Morgan fingerprint density at radius 3 is 2.41 bits per heavy atom. The highest BCUT2D eigenvalue weighted by Gasteiger charge is 2.13. The lowest BCUT2D eigenvalue weighted by Gasteiger charge is -2.03. The summed E-state index contributed by atoms with van der Waals surface area (Å²) in [6.45, 7) is 4.79. The van der Waals surface area contributed by atoms with Gasteiger partial charge < -0.3 is 4.74 Å². The third kappa shape index (κ3) is 10.1. The number of nitrogens with zero attached hydrogens (tertiary/aromatic N) is 1. The maximum atomic E-state index is 12.1. The molecule has 1 aromatic heterocycles. The minimum absolute atomic E-state index is 0.0762. The first-order valence-corrected chi connectivity index (χ1v) is 11.8. The largest absolute Gasteiger partial charge is 0.462 e. The van der Waals surface area contributed by atoms with Gasteiger partial charge in [-0.05, 0) is 52.9 Å². The van der Waals surface area contributed by atoms with E-state index in [-0.39, 0.29) is 5.57 Å². The fourth-order valence-electron chi connectivity index (χ4n) is 2.81. The molecular formula is C22H32BrNO2S. The number of rotatable bonds is 14. The third-order valence-corrected chi connectivity index (χ3v) is 6.34. The standard InChI is InChI=1S/C22H32BrNO2S/c1-3-5-7-9-10-12-14-26-22(25)19(17-24)16-20-15-18(21(23)27-20)13-11-8-6-4-2/h15-16H,3-14H2,1-2H3/b19-16-. The van der Waals surface area contributed by atoms with Crippen LogP contribution in [0.5, 0.6) is 0 Å². The monoisotopic (exact) mass is 453 g/mol. The van der Waals surface area contributed by atoms with Crippen molar-refractivity contribution in [2.75, 3.05) is 6.61 Å². The van der Waals surface area contributed by atoms with Crippen LogP contribution in [-0.4, -0.2) is 12.6 Å². The summed E-state index contributed by atoms with van der Waals surface area (Å²) < 4.78 is 6.35.